The number of amides is 1. The van der Waals surface area contributed by atoms with Gasteiger partial charge in [0.25, 0.3) is 5.91 Å². The van der Waals surface area contributed by atoms with Crippen molar-refractivity contribution in [2.45, 2.75) is 29.8 Å². The molecule has 0 unspecified atom stereocenters. The monoisotopic (exact) mass is 455 g/mol. The summed E-state index contributed by atoms with van der Waals surface area (Å²) in [6.07, 6.45) is -9.40. The molecular formula is C18H15F6NO4S. The largest absolute Gasteiger partial charge is 0.416 e. The number of halogens is 6. The number of hydrogen-bond donors (Lipinski definition) is 2. The van der Waals surface area contributed by atoms with Crippen molar-refractivity contribution in [2.75, 3.05) is 11.1 Å². The van der Waals surface area contributed by atoms with Gasteiger partial charge >= 0.3 is 12.4 Å². The molecule has 0 heterocycles. The first kappa shape index (κ1) is 23.7. The first-order valence-corrected chi connectivity index (χ1v) is 9.79. The molecule has 2 N–H and O–H groups in total. The highest BCUT2D eigenvalue weighted by Crippen LogP contribution is 2.32. The topological polar surface area (TPSA) is 83.5 Å². The molecule has 0 saturated heterocycles. The molecule has 2 aromatic carbocycles. The Bertz CT molecular complexity index is 1030. The van der Waals surface area contributed by atoms with Gasteiger partial charge < -0.3 is 10.4 Å². The van der Waals surface area contributed by atoms with Gasteiger partial charge in [-0.3, -0.25) is 4.79 Å². The molecule has 12 heteroatoms. The molecule has 0 aliphatic heterocycles. The Morgan fingerprint density at radius 1 is 0.933 bits per heavy atom. The van der Waals surface area contributed by atoms with Crippen molar-refractivity contribution in [1.82, 2.24) is 0 Å². The van der Waals surface area contributed by atoms with Crippen molar-refractivity contribution in [1.29, 1.82) is 0 Å². The number of sulfone groups is 1. The zero-order valence-corrected chi connectivity index (χ0v) is 16.0. The van der Waals surface area contributed by atoms with E-state index in [-0.39, 0.29) is 5.69 Å². The van der Waals surface area contributed by atoms with Crippen LogP contribution in [0.15, 0.2) is 53.4 Å². The van der Waals surface area contributed by atoms with Gasteiger partial charge in [0.2, 0.25) is 0 Å². The lowest BCUT2D eigenvalue weighted by atomic mass is 10.1. The number of carbonyl (C=O) groups is 1. The van der Waals surface area contributed by atoms with E-state index in [0.717, 1.165) is 31.2 Å². The number of benzene rings is 2. The van der Waals surface area contributed by atoms with Crippen molar-refractivity contribution >= 4 is 21.4 Å². The number of hydrogen-bond acceptors (Lipinski definition) is 4. The third-order valence-electron chi connectivity index (χ3n) is 3.95. The first-order chi connectivity index (χ1) is 13.5. The van der Waals surface area contributed by atoms with Gasteiger partial charge in [0.15, 0.2) is 15.4 Å². The predicted octanol–water partition coefficient (Wildman–Crippen LogP) is 3.89. The molecule has 0 saturated carbocycles. The maximum atomic E-state index is 12.8. The van der Waals surface area contributed by atoms with Crippen LogP contribution in [0.5, 0.6) is 0 Å². The fourth-order valence-electron chi connectivity index (χ4n) is 2.39. The van der Waals surface area contributed by atoms with E-state index in [4.69, 9.17) is 0 Å². The zero-order chi connectivity index (χ0) is 23.0. The van der Waals surface area contributed by atoms with Crippen LogP contribution in [0.3, 0.4) is 0 Å². The Morgan fingerprint density at radius 2 is 1.47 bits per heavy atom. The van der Waals surface area contributed by atoms with Gasteiger partial charge in [0.05, 0.1) is 21.8 Å². The number of aliphatic hydroxyl groups is 1. The summed E-state index contributed by atoms with van der Waals surface area (Å²) < 4.78 is 101. The van der Waals surface area contributed by atoms with E-state index in [9.17, 15) is 44.7 Å². The molecule has 0 radical (unpaired) electrons. The summed E-state index contributed by atoms with van der Waals surface area (Å²) in [6, 6.07) is 5.93. The van der Waals surface area contributed by atoms with Crippen molar-refractivity contribution in [3.63, 3.8) is 0 Å². The van der Waals surface area contributed by atoms with E-state index in [1.807, 2.05) is 0 Å². The molecule has 2 rings (SSSR count). The Hall–Kier alpha value is -2.60. The number of alkyl halides is 6. The second-order valence-corrected chi connectivity index (χ2v) is 8.58. The Labute approximate surface area is 167 Å². The number of rotatable bonds is 5. The predicted molar refractivity (Wildman–Crippen MR) is 94.2 cm³/mol. The van der Waals surface area contributed by atoms with Crippen molar-refractivity contribution < 1.29 is 44.7 Å². The standard InChI is InChI=1S/C18H15F6NO4S/c1-16(27,15(26)25-13-7-5-11(6-8-13)17(19,20)21)10-30(28,29)14-4-2-3-12(9-14)18(22,23)24/h2-9,27H,10H2,1H3,(H,25,26)/t16-/m1/s1. The smallest absolute Gasteiger partial charge is 0.379 e. The lowest BCUT2D eigenvalue weighted by Gasteiger charge is -2.22. The SMILES string of the molecule is C[C@@](O)(CS(=O)(=O)c1cccc(C(F)(F)F)c1)C(=O)Nc1ccc(C(F)(F)F)cc1. The number of anilines is 1. The molecule has 30 heavy (non-hydrogen) atoms. The van der Waals surface area contributed by atoms with Crippen LogP contribution in [0.4, 0.5) is 32.0 Å². The second kappa shape index (κ2) is 7.91. The normalized spacial score (nSPS) is 14.8. The molecule has 1 atom stereocenters. The molecule has 164 valence electrons. The fraction of sp³-hybridized carbons (Fsp3) is 0.278. The van der Waals surface area contributed by atoms with Crippen molar-refractivity contribution in [3.8, 4) is 0 Å². The molecule has 0 bridgehead atoms. The zero-order valence-electron chi connectivity index (χ0n) is 15.2. The maximum absolute atomic E-state index is 12.8. The van der Waals surface area contributed by atoms with Crippen LogP contribution in [0.2, 0.25) is 0 Å². The number of carbonyl (C=O) groups excluding carboxylic acids is 1. The average molecular weight is 455 g/mol. The Balaban J connectivity index is 2.19. The van der Waals surface area contributed by atoms with Crippen LogP contribution >= 0.6 is 0 Å². The van der Waals surface area contributed by atoms with Gasteiger partial charge in [0.1, 0.15) is 0 Å². The highest BCUT2D eigenvalue weighted by atomic mass is 32.2. The van der Waals surface area contributed by atoms with Crippen LogP contribution in [-0.2, 0) is 27.0 Å². The fourth-order valence-corrected chi connectivity index (χ4v) is 4.02. The van der Waals surface area contributed by atoms with Gasteiger partial charge in [0, 0.05) is 5.69 Å². The van der Waals surface area contributed by atoms with Crippen molar-refractivity contribution in [3.05, 3.63) is 59.7 Å². The Morgan fingerprint density at radius 3 is 1.97 bits per heavy atom. The molecule has 0 aliphatic rings. The summed E-state index contributed by atoms with van der Waals surface area (Å²) in [6.45, 7) is 0.817. The molecular weight excluding hydrogens is 440 g/mol. The quantitative estimate of drug-likeness (QED) is 0.671. The number of nitrogens with one attached hydrogen (secondary N) is 1. The third kappa shape index (κ3) is 5.72. The molecule has 5 nitrogen and oxygen atoms in total. The minimum atomic E-state index is -4.80. The lowest BCUT2D eigenvalue weighted by Crippen LogP contribution is -2.45. The molecule has 0 aliphatic carbocycles. The van der Waals surface area contributed by atoms with E-state index in [1.54, 1.807) is 0 Å². The van der Waals surface area contributed by atoms with Crippen LogP contribution < -0.4 is 5.32 Å². The highest BCUT2D eigenvalue weighted by Gasteiger charge is 2.38. The third-order valence-corrected chi connectivity index (χ3v) is 5.87. The average Bonchev–Trinajstić information content (AvgIpc) is 2.60. The van der Waals surface area contributed by atoms with Crippen LogP contribution in [-0.4, -0.2) is 30.8 Å². The summed E-state index contributed by atoms with van der Waals surface area (Å²) in [7, 11) is -4.52. The lowest BCUT2D eigenvalue weighted by molar-refractivity contribution is -0.138. The minimum Gasteiger partial charge on any atom is -0.379 e. The van der Waals surface area contributed by atoms with E-state index in [1.165, 1.54) is 0 Å². The Kier molecular flexibility index (Phi) is 6.24. The summed E-state index contributed by atoms with van der Waals surface area (Å²) in [5, 5.41) is 12.3. The van der Waals surface area contributed by atoms with E-state index >= 15 is 0 Å². The molecule has 0 fully saturated rings. The van der Waals surface area contributed by atoms with Crippen LogP contribution in [0.1, 0.15) is 18.1 Å². The van der Waals surface area contributed by atoms with Gasteiger partial charge in [-0.1, -0.05) is 6.07 Å². The summed E-state index contributed by atoms with van der Waals surface area (Å²) in [5.41, 5.74) is -4.95. The molecule has 2 aromatic rings. The minimum absolute atomic E-state index is 0.148. The van der Waals surface area contributed by atoms with Crippen LogP contribution in [0, 0.1) is 0 Å². The summed E-state index contributed by atoms with van der Waals surface area (Å²) in [5.74, 6) is -2.52. The molecule has 1 amide bonds. The summed E-state index contributed by atoms with van der Waals surface area (Å²) in [4.78, 5) is 11.5. The van der Waals surface area contributed by atoms with E-state index in [2.05, 4.69) is 5.32 Å². The molecule has 0 aromatic heterocycles. The van der Waals surface area contributed by atoms with Gasteiger partial charge in [-0.2, -0.15) is 26.3 Å². The van der Waals surface area contributed by atoms with Crippen LogP contribution in [0.25, 0.3) is 0 Å². The maximum Gasteiger partial charge on any atom is 0.416 e. The van der Waals surface area contributed by atoms with E-state index < -0.39 is 55.5 Å². The van der Waals surface area contributed by atoms with Gasteiger partial charge in [-0.15, -0.1) is 0 Å². The summed E-state index contributed by atoms with van der Waals surface area (Å²) >= 11 is 0. The highest BCUT2D eigenvalue weighted by molar-refractivity contribution is 7.91. The van der Waals surface area contributed by atoms with Crippen molar-refractivity contribution in [2.24, 2.45) is 0 Å². The molecule has 0 spiro atoms. The van der Waals surface area contributed by atoms with E-state index in [0.29, 0.717) is 24.3 Å². The van der Waals surface area contributed by atoms with Gasteiger partial charge in [-0.05, 0) is 49.4 Å². The second-order valence-electron chi connectivity index (χ2n) is 6.59. The first-order valence-electron chi connectivity index (χ1n) is 8.13. The van der Waals surface area contributed by atoms with Gasteiger partial charge in [-0.25, -0.2) is 8.42 Å².